The number of hydrogen-bond donors (Lipinski definition) is 1. The zero-order valence-electron chi connectivity index (χ0n) is 12.8. The van der Waals surface area contributed by atoms with Gasteiger partial charge < -0.3 is 15.0 Å². The first-order valence-corrected chi connectivity index (χ1v) is 7.79. The van der Waals surface area contributed by atoms with E-state index < -0.39 is 0 Å². The molecule has 0 radical (unpaired) electrons. The Hall–Kier alpha value is -0.940. The minimum absolute atomic E-state index is 0.0437. The van der Waals surface area contributed by atoms with E-state index in [1.165, 1.54) is 32.1 Å². The molecule has 0 bridgehead atoms. The van der Waals surface area contributed by atoms with Crippen molar-refractivity contribution in [3.05, 3.63) is 11.7 Å². The molecule has 1 saturated carbocycles. The number of ether oxygens (including phenoxy) is 1. The molecule has 0 amide bonds. The molecule has 3 unspecified atom stereocenters. The van der Waals surface area contributed by atoms with Crippen LogP contribution >= 0.6 is 0 Å². The van der Waals surface area contributed by atoms with Crippen LogP contribution in [0.4, 0.5) is 0 Å². The lowest BCUT2D eigenvalue weighted by atomic mass is 9.85. The highest BCUT2D eigenvalue weighted by molar-refractivity contribution is 5.00. The van der Waals surface area contributed by atoms with Gasteiger partial charge in [0.25, 0.3) is 0 Å². The number of methoxy groups -OCH3 is 1. The average molecular weight is 281 g/mol. The van der Waals surface area contributed by atoms with Gasteiger partial charge in [-0.05, 0) is 25.2 Å². The van der Waals surface area contributed by atoms with Crippen molar-refractivity contribution in [3.63, 3.8) is 0 Å². The summed E-state index contributed by atoms with van der Waals surface area (Å²) in [5.41, 5.74) is 6.05. The van der Waals surface area contributed by atoms with Crippen molar-refractivity contribution in [2.75, 3.05) is 7.11 Å². The molecule has 2 N–H and O–H groups in total. The van der Waals surface area contributed by atoms with E-state index in [0.29, 0.717) is 17.6 Å². The molecule has 2 rings (SSSR count). The third kappa shape index (κ3) is 3.38. The summed E-state index contributed by atoms with van der Waals surface area (Å²) in [6, 6.07) is 0.0546. The normalized spacial score (nSPS) is 21.6. The monoisotopic (exact) mass is 281 g/mol. The zero-order valence-corrected chi connectivity index (χ0v) is 12.8. The second-order valence-corrected chi connectivity index (χ2v) is 5.91. The first kappa shape index (κ1) is 15.4. The first-order chi connectivity index (χ1) is 9.67. The van der Waals surface area contributed by atoms with Gasteiger partial charge in [0.2, 0.25) is 11.7 Å². The van der Waals surface area contributed by atoms with Crippen LogP contribution in [-0.4, -0.2) is 23.3 Å². The smallest absolute Gasteiger partial charge is 0.231 e. The molecule has 114 valence electrons. The fourth-order valence-electron chi connectivity index (χ4n) is 3.03. The molecular weight excluding hydrogens is 254 g/mol. The van der Waals surface area contributed by atoms with Crippen molar-refractivity contribution in [2.45, 2.75) is 70.4 Å². The second-order valence-electron chi connectivity index (χ2n) is 5.91. The summed E-state index contributed by atoms with van der Waals surface area (Å²) in [6.45, 7) is 4.10. The molecule has 1 aliphatic carbocycles. The molecule has 1 aromatic heterocycles. The van der Waals surface area contributed by atoms with Crippen molar-refractivity contribution in [1.29, 1.82) is 0 Å². The van der Waals surface area contributed by atoms with Crippen LogP contribution < -0.4 is 5.73 Å². The van der Waals surface area contributed by atoms with Crippen molar-refractivity contribution < 1.29 is 9.26 Å². The predicted octanol–water partition coefficient (Wildman–Crippen LogP) is 3.18. The maximum Gasteiger partial charge on any atom is 0.231 e. The van der Waals surface area contributed by atoms with Gasteiger partial charge in [-0.3, -0.25) is 0 Å². The Morgan fingerprint density at radius 2 is 2.05 bits per heavy atom. The Labute approximate surface area is 121 Å². The maximum absolute atomic E-state index is 6.05. The van der Waals surface area contributed by atoms with Gasteiger partial charge in [0.05, 0.1) is 5.92 Å². The Morgan fingerprint density at radius 3 is 2.65 bits per heavy atom. The third-order valence-corrected chi connectivity index (χ3v) is 4.55. The Kier molecular flexibility index (Phi) is 5.54. The number of nitrogens with zero attached hydrogens (tertiary/aromatic N) is 2. The zero-order chi connectivity index (χ0) is 14.5. The van der Waals surface area contributed by atoms with Crippen LogP contribution in [0.15, 0.2) is 4.52 Å². The van der Waals surface area contributed by atoms with Crippen LogP contribution in [-0.2, 0) is 4.74 Å². The van der Waals surface area contributed by atoms with Gasteiger partial charge in [0, 0.05) is 13.2 Å². The van der Waals surface area contributed by atoms with Crippen LogP contribution in [0.3, 0.4) is 0 Å². The molecule has 3 atom stereocenters. The summed E-state index contributed by atoms with van der Waals surface area (Å²) in [4.78, 5) is 4.54. The summed E-state index contributed by atoms with van der Waals surface area (Å²) in [5.74, 6) is 1.91. The summed E-state index contributed by atoms with van der Waals surface area (Å²) in [5, 5.41) is 4.13. The van der Waals surface area contributed by atoms with E-state index in [4.69, 9.17) is 15.0 Å². The molecular formula is C15H27N3O2. The summed E-state index contributed by atoms with van der Waals surface area (Å²) in [7, 11) is 1.73. The van der Waals surface area contributed by atoms with Gasteiger partial charge in [0.15, 0.2) is 0 Å². The van der Waals surface area contributed by atoms with Gasteiger partial charge in [-0.2, -0.15) is 4.98 Å². The van der Waals surface area contributed by atoms with Crippen molar-refractivity contribution in [3.8, 4) is 0 Å². The topological polar surface area (TPSA) is 74.2 Å². The van der Waals surface area contributed by atoms with Crippen molar-refractivity contribution >= 4 is 0 Å². The standard InChI is InChI=1S/C15H27N3O2/c1-4-12(16)10(2)15-17-14(18-20-15)13(19-3)11-8-6-5-7-9-11/h10-13H,4-9,16H2,1-3H3. The van der Waals surface area contributed by atoms with Crippen LogP contribution in [0.25, 0.3) is 0 Å². The number of hydrogen-bond acceptors (Lipinski definition) is 5. The lowest BCUT2D eigenvalue weighted by molar-refractivity contribution is 0.0273. The molecule has 20 heavy (non-hydrogen) atoms. The Morgan fingerprint density at radius 1 is 1.35 bits per heavy atom. The number of aromatic nitrogens is 2. The van der Waals surface area contributed by atoms with E-state index in [-0.39, 0.29) is 18.1 Å². The van der Waals surface area contributed by atoms with E-state index >= 15 is 0 Å². The van der Waals surface area contributed by atoms with Gasteiger partial charge in [0.1, 0.15) is 6.10 Å². The van der Waals surface area contributed by atoms with E-state index in [0.717, 1.165) is 6.42 Å². The van der Waals surface area contributed by atoms with E-state index in [1.807, 2.05) is 6.92 Å². The van der Waals surface area contributed by atoms with E-state index in [1.54, 1.807) is 7.11 Å². The highest BCUT2D eigenvalue weighted by atomic mass is 16.5. The van der Waals surface area contributed by atoms with Gasteiger partial charge in [-0.25, -0.2) is 0 Å². The molecule has 1 heterocycles. The average Bonchev–Trinajstić information content (AvgIpc) is 2.97. The van der Waals surface area contributed by atoms with Crippen LogP contribution in [0.5, 0.6) is 0 Å². The first-order valence-electron chi connectivity index (χ1n) is 7.79. The van der Waals surface area contributed by atoms with Gasteiger partial charge in [-0.1, -0.05) is 38.3 Å². The van der Waals surface area contributed by atoms with Crippen LogP contribution in [0.2, 0.25) is 0 Å². The lowest BCUT2D eigenvalue weighted by Gasteiger charge is -2.26. The van der Waals surface area contributed by atoms with Gasteiger partial charge >= 0.3 is 0 Å². The quantitative estimate of drug-likeness (QED) is 0.866. The van der Waals surface area contributed by atoms with Crippen molar-refractivity contribution in [1.82, 2.24) is 10.1 Å². The molecule has 1 aliphatic rings. The molecule has 1 aromatic rings. The molecule has 5 heteroatoms. The molecule has 0 saturated heterocycles. The SMILES string of the molecule is CCC(N)C(C)c1nc(C(OC)C2CCCCC2)no1. The van der Waals surface area contributed by atoms with Crippen LogP contribution in [0.1, 0.15) is 76.1 Å². The fraction of sp³-hybridized carbons (Fsp3) is 0.867. The third-order valence-electron chi connectivity index (χ3n) is 4.55. The summed E-state index contributed by atoms with van der Waals surface area (Å²) >= 11 is 0. The minimum Gasteiger partial charge on any atom is -0.373 e. The number of rotatable bonds is 6. The maximum atomic E-state index is 6.05. The lowest BCUT2D eigenvalue weighted by Crippen LogP contribution is -2.26. The fourth-order valence-corrected chi connectivity index (χ4v) is 3.03. The molecule has 0 spiro atoms. The number of nitrogens with two attached hydrogens (primary N) is 1. The van der Waals surface area contributed by atoms with Gasteiger partial charge in [-0.15, -0.1) is 0 Å². The molecule has 5 nitrogen and oxygen atoms in total. The van der Waals surface area contributed by atoms with E-state index in [9.17, 15) is 0 Å². The predicted molar refractivity (Wildman–Crippen MR) is 77.3 cm³/mol. The minimum atomic E-state index is -0.0437. The Bertz CT molecular complexity index is 402. The Balaban J connectivity index is 2.09. The summed E-state index contributed by atoms with van der Waals surface area (Å²) in [6.07, 6.45) is 7.09. The highest BCUT2D eigenvalue weighted by Crippen LogP contribution is 2.35. The highest BCUT2D eigenvalue weighted by Gasteiger charge is 2.30. The molecule has 0 aromatic carbocycles. The second kappa shape index (κ2) is 7.18. The largest absolute Gasteiger partial charge is 0.373 e. The summed E-state index contributed by atoms with van der Waals surface area (Å²) < 4.78 is 11.0. The molecule has 0 aliphatic heterocycles. The van der Waals surface area contributed by atoms with Crippen LogP contribution in [0, 0.1) is 5.92 Å². The van der Waals surface area contributed by atoms with Crippen molar-refractivity contribution in [2.24, 2.45) is 11.7 Å². The van der Waals surface area contributed by atoms with E-state index in [2.05, 4.69) is 17.1 Å². The molecule has 1 fully saturated rings.